The van der Waals surface area contributed by atoms with Crippen LogP contribution in [-0.2, 0) is 17.8 Å². The Morgan fingerprint density at radius 2 is 2.10 bits per heavy atom. The lowest BCUT2D eigenvalue weighted by atomic mass is 10.1. The van der Waals surface area contributed by atoms with E-state index in [2.05, 4.69) is 9.97 Å². The van der Waals surface area contributed by atoms with Crippen molar-refractivity contribution < 1.29 is 14.3 Å². The quantitative estimate of drug-likeness (QED) is 0.559. The Balaban J connectivity index is 1.51. The van der Waals surface area contributed by atoms with Crippen molar-refractivity contribution in [1.29, 1.82) is 0 Å². The van der Waals surface area contributed by atoms with Crippen LogP contribution in [0.15, 0.2) is 42.5 Å². The number of carbonyl (C=O) groups excluding carboxylic acids is 1. The van der Waals surface area contributed by atoms with Crippen molar-refractivity contribution in [2.24, 2.45) is 0 Å². The number of aromatic nitrogens is 2. The summed E-state index contributed by atoms with van der Waals surface area (Å²) < 4.78 is 11.6. The molecule has 1 aromatic heterocycles. The average Bonchev–Trinajstić information content (AvgIpc) is 3.10. The molecule has 31 heavy (non-hydrogen) atoms. The first-order chi connectivity index (χ1) is 14.9. The molecule has 160 valence electrons. The molecule has 0 fully saturated rings. The van der Waals surface area contributed by atoms with Gasteiger partial charge in [-0.2, -0.15) is 0 Å². The number of likely N-dealkylation sites (N-methyl/N-ethyl adjacent to an activating group) is 1. The predicted octanol–water partition coefficient (Wildman–Crippen LogP) is 4.33. The molecular formula is C25H27N3O3. The van der Waals surface area contributed by atoms with Gasteiger partial charge in [0.05, 0.1) is 18.7 Å². The summed E-state index contributed by atoms with van der Waals surface area (Å²) in [5, 5.41) is 1.02. The van der Waals surface area contributed by atoms with Gasteiger partial charge in [0.15, 0.2) is 0 Å². The van der Waals surface area contributed by atoms with Crippen molar-refractivity contribution in [3.05, 3.63) is 65.1 Å². The molecule has 1 amide bonds. The lowest BCUT2D eigenvalue weighted by Crippen LogP contribution is -2.25. The monoisotopic (exact) mass is 417 g/mol. The van der Waals surface area contributed by atoms with Gasteiger partial charge in [0.25, 0.3) is 0 Å². The van der Waals surface area contributed by atoms with Gasteiger partial charge in [-0.1, -0.05) is 18.2 Å². The highest BCUT2D eigenvalue weighted by Gasteiger charge is 2.21. The Kier molecular flexibility index (Phi) is 5.89. The fraction of sp³-hybridized carbons (Fsp3) is 0.320. The van der Waals surface area contributed by atoms with Crippen molar-refractivity contribution >= 4 is 22.9 Å². The second-order valence-corrected chi connectivity index (χ2v) is 7.83. The Morgan fingerprint density at radius 3 is 2.90 bits per heavy atom. The van der Waals surface area contributed by atoms with Crippen LogP contribution in [0, 0.1) is 6.92 Å². The molecule has 0 saturated carbocycles. The van der Waals surface area contributed by atoms with Gasteiger partial charge in [-0.3, -0.25) is 4.79 Å². The molecule has 1 atom stereocenters. The first-order valence-corrected chi connectivity index (χ1v) is 10.6. The largest absolute Gasteiger partial charge is 0.493 e. The highest BCUT2D eigenvalue weighted by atomic mass is 16.5. The molecule has 0 aliphatic carbocycles. The van der Waals surface area contributed by atoms with E-state index in [1.54, 1.807) is 24.1 Å². The molecule has 0 N–H and O–H groups in total. The zero-order valence-electron chi connectivity index (χ0n) is 18.4. The van der Waals surface area contributed by atoms with E-state index in [1.165, 1.54) is 0 Å². The summed E-state index contributed by atoms with van der Waals surface area (Å²) in [7, 11) is 1.75. The molecule has 1 aliphatic heterocycles. The topological polar surface area (TPSA) is 64.5 Å². The molecule has 1 aliphatic rings. The van der Waals surface area contributed by atoms with Crippen molar-refractivity contribution in [2.45, 2.75) is 39.8 Å². The van der Waals surface area contributed by atoms with Crippen LogP contribution in [0.3, 0.4) is 0 Å². The van der Waals surface area contributed by atoms with E-state index in [9.17, 15) is 4.79 Å². The van der Waals surface area contributed by atoms with E-state index in [0.29, 0.717) is 19.0 Å². The summed E-state index contributed by atoms with van der Waals surface area (Å²) in [6, 6.07) is 11.9. The van der Waals surface area contributed by atoms with E-state index in [1.807, 2.05) is 57.2 Å². The van der Waals surface area contributed by atoms with Gasteiger partial charge >= 0.3 is 0 Å². The van der Waals surface area contributed by atoms with E-state index < -0.39 is 0 Å². The van der Waals surface area contributed by atoms with Crippen molar-refractivity contribution in [2.75, 3.05) is 13.7 Å². The third kappa shape index (κ3) is 4.53. The maximum Gasteiger partial charge on any atom is 0.246 e. The number of carbonyl (C=O) groups is 1. The molecule has 0 bridgehead atoms. The normalized spacial score (nSPS) is 15.2. The first-order valence-electron chi connectivity index (χ1n) is 10.6. The fourth-order valence-electron chi connectivity index (χ4n) is 3.81. The van der Waals surface area contributed by atoms with Crippen LogP contribution in [0.4, 0.5) is 0 Å². The molecule has 6 nitrogen and oxygen atoms in total. The number of hydrogen-bond donors (Lipinski definition) is 0. The van der Waals surface area contributed by atoms with Crippen LogP contribution in [0.25, 0.3) is 17.0 Å². The van der Waals surface area contributed by atoms with Gasteiger partial charge in [-0.25, -0.2) is 9.97 Å². The molecule has 3 aromatic rings. The third-order valence-electron chi connectivity index (χ3n) is 5.33. The molecule has 4 rings (SSSR count). The smallest absolute Gasteiger partial charge is 0.246 e. The Morgan fingerprint density at radius 1 is 1.29 bits per heavy atom. The molecule has 2 aromatic carbocycles. The van der Waals surface area contributed by atoms with Crippen LogP contribution in [0.5, 0.6) is 11.5 Å². The zero-order valence-corrected chi connectivity index (χ0v) is 18.4. The lowest BCUT2D eigenvalue weighted by molar-refractivity contribution is -0.125. The Labute approximate surface area is 182 Å². The fourth-order valence-corrected chi connectivity index (χ4v) is 3.81. The van der Waals surface area contributed by atoms with Crippen LogP contribution in [-0.4, -0.2) is 40.5 Å². The number of para-hydroxylation sites is 1. The zero-order chi connectivity index (χ0) is 22.0. The van der Waals surface area contributed by atoms with E-state index >= 15 is 0 Å². The first kappa shape index (κ1) is 20.8. The highest BCUT2D eigenvalue weighted by Crippen LogP contribution is 2.35. The summed E-state index contributed by atoms with van der Waals surface area (Å²) in [5.74, 6) is 2.11. The van der Waals surface area contributed by atoms with Gasteiger partial charge in [0, 0.05) is 41.8 Å². The number of amides is 1. The summed E-state index contributed by atoms with van der Waals surface area (Å²) in [5.41, 5.74) is 3.76. The van der Waals surface area contributed by atoms with Crippen LogP contribution in [0.2, 0.25) is 0 Å². The minimum absolute atomic E-state index is 0.133. The molecular weight excluding hydrogens is 390 g/mol. The van der Waals surface area contributed by atoms with Crippen molar-refractivity contribution in [1.82, 2.24) is 14.9 Å². The van der Waals surface area contributed by atoms with Crippen molar-refractivity contribution in [3.8, 4) is 11.5 Å². The van der Waals surface area contributed by atoms with Crippen LogP contribution < -0.4 is 9.47 Å². The Bertz CT molecular complexity index is 1160. The molecule has 0 radical (unpaired) electrons. The van der Waals surface area contributed by atoms with Crippen molar-refractivity contribution in [3.63, 3.8) is 0 Å². The molecule has 0 spiro atoms. The second-order valence-electron chi connectivity index (χ2n) is 7.83. The average molecular weight is 418 g/mol. The number of hydrogen-bond acceptors (Lipinski definition) is 5. The van der Waals surface area contributed by atoms with Gasteiger partial charge in [0.1, 0.15) is 23.4 Å². The van der Waals surface area contributed by atoms with Crippen LogP contribution in [0.1, 0.15) is 36.5 Å². The number of rotatable bonds is 6. The summed E-state index contributed by atoms with van der Waals surface area (Å²) in [4.78, 5) is 23.5. The lowest BCUT2D eigenvalue weighted by Gasteiger charge is -2.15. The maximum atomic E-state index is 12.7. The summed E-state index contributed by atoms with van der Waals surface area (Å²) in [6.45, 7) is 6.84. The molecule has 0 saturated heterocycles. The third-order valence-corrected chi connectivity index (χ3v) is 5.33. The molecule has 2 heterocycles. The van der Waals surface area contributed by atoms with Gasteiger partial charge in [-0.15, -0.1) is 0 Å². The maximum absolute atomic E-state index is 12.7. The predicted molar refractivity (Wildman–Crippen MR) is 121 cm³/mol. The number of benzene rings is 2. The second kappa shape index (κ2) is 8.76. The van der Waals surface area contributed by atoms with E-state index in [4.69, 9.17) is 9.47 Å². The SMILES string of the molecule is CCOc1cc2c(cc1/C=C/C(=O)N(C)Cc1nc(C)c3ccccc3n1)OC(C)C2. The van der Waals surface area contributed by atoms with E-state index in [-0.39, 0.29) is 12.0 Å². The number of ether oxygens (including phenoxy) is 2. The molecule has 6 heteroatoms. The van der Waals surface area contributed by atoms with Gasteiger partial charge in [-0.05, 0) is 45.0 Å². The molecule has 1 unspecified atom stereocenters. The standard InChI is InChI=1S/C25H27N3O3/c1-5-30-22-14-19-12-16(2)31-23(19)13-18(22)10-11-25(29)28(4)15-24-26-17(3)20-8-6-7-9-21(20)27-24/h6-11,13-14,16H,5,12,15H2,1-4H3/b11-10+. The van der Waals surface area contributed by atoms with Gasteiger partial charge in [0.2, 0.25) is 5.91 Å². The van der Waals surface area contributed by atoms with Gasteiger partial charge < -0.3 is 14.4 Å². The minimum atomic E-state index is -0.133. The number of fused-ring (bicyclic) bond motifs is 2. The summed E-state index contributed by atoms with van der Waals surface area (Å²) in [6.07, 6.45) is 4.35. The number of nitrogens with zero attached hydrogens (tertiary/aromatic N) is 3. The Hall–Kier alpha value is -3.41. The van der Waals surface area contributed by atoms with Crippen LogP contribution >= 0.6 is 0 Å². The summed E-state index contributed by atoms with van der Waals surface area (Å²) >= 11 is 0. The minimum Gasteiger partial charge on any atom is -0.493 e. The number of aryl methyl sites for hydroxylation is 1. The van der Waals surface area contributed by atoms with E-state index in [0.717, 1.165) is 45.6 Å². The highest BCUT2D eigenvalue weighted by molar-refractivity contribution is 5.92.